The van der Waals surface area contributed by atoms with E-state index < -0.39 is 0 Å². The van der Waals surface area contributed by atoms with Gasteiger partial charge in [0.1, 0.15) is 0 Å². The van der Waals surface area contributed by atoms with E-state index in [0.717, 1.165) is 82.1 Å². The van der Waals surface area contributed by atoms with Crippen LogP contribution in [0.25, 0.3) is 11.1 Å². The van der Waals surface area contributed by atoms with Crippen molar-refractivity contribution < 1.29 is 9.53 Å². The third-order valence-electron chi connectivity index (χ3n) is 9.10. The minimum absolute atomic E-state index is 0.105. The molecule has 0 atom stereocenters. The number of thioether (sulfide) groups is 1. The molecule has 2 heterocycles. The summed E-state index contributed by atoms with van der Waals surface area (Å²) in [6, 6.07) is 21.8. The van der Waals surface area contributed by atoms with Gasteiger partial charge in [-0.05, 0) is 128 Å². The zero-order valence-electron chi connectivity index (χ0n) is 28.5. The van der Waals surface area contributed by atoms with E-state index in [1.54, 1.807) is 20.2 Å². The van der Waals surface area contributed by atoms with E-state index in [2.05, 4.69) is 62.9 Å². The molecular weight excluding hydrogens is 647 g/mol. The minimum Gasteiger partial charge on any atom is -0.383 e. The van der Waals surface area contributed by atoms with Gasteiger partial charge < -0.3 is 20.3 Å². The highest BCUT2D eigenvalue weighted by molar-refractivity contribution is 7.98. The smallest absolute Gasteiger partial charge is 0.314 e. The number of piperidine rings is 2. The third kappa shape index (κ3) is 12.0. The Kier molecular flexibility index (Phi) is 15.7. The minimum atomic E-state index is -0.105. The highest BCUT2D eigenvalue weighted by Crippen LogP contribution is 2.33. The maximum Gasteiger partial charge on any atom is 0.314 e. The number of nitrogens with one attached hydrogen (secondary N) is 2. The number of hydrogen-bond donors (Lipinski definition) is 2. The number of carbonyl (C=O) groups excluding carboxylic acids is 1. The van der Waals surface area contributed by atoms with Crippen molar-refractivity contribution in [1.29, 1.82) is 0 Å². The first-order valence-electron chi connectivity index (χ1n) is 17.1. The molecule has 2 N–H and O–H groups in total. The molecule has 0 aromatic heterocycles. The van der Waals surface area contributed by atoms with Gasteiger partial charge in [-0.15, -0.1) is 11.8 Å². The Morgan fingerprint density at radius 2 is 1.47 bits per heavy atom. The topological polar surface area (TPSA) is 56.8 Å². The van der Waals surface area contributed by atoms with Crippen LogP contribution in [0.15, 0.2) is 65.6 Å². The summed E-state index contributed by atoms with van der Waals surface area (Å²) in [5.74, 6) is 2.05. The van der Waals surface area contributed by atoms with E-state index in [-0.39, 0.29) is 6.03 Å². The van der Waals surface area contributed by atoms with Crippen molar-refractivity contribution in [3.05, 3.63) is 87.4 Å². The van der Waals surface area contributed by atoms with Crippen LogP contribution in [0.3, 0.4) is 0 Å². The second-order valence-electron chi connectivity index (χ2n) is 12.3. The number of benzene rings is 3. The summed E-state index contributed by atoms with van der Waals surface area (Å²) in [6.45, 7) is 11.8. The molecule has 3 aromatic carbocycles. The fraction of sp³-hybridized carbons (Fsp3) is 0.500. The van der Waals surface area contributed by atoms with Crippen LogP contribution in [-0.2, 0) is 17.0 Å². The Bertz CT molecular complexity index is 1370. The number of likely N-dealkylation sites (tertiary alicyclic amines) is 2. The molecule has 0 saturated carbocycles. The molecule has 0 aliphatic carbocycles. The molecule has 2 fully saturated rings. The molecule has 3 aromatic rings. The molecule has 2 aliphatic rings. The SMILES string of the molecule is CC.CNC(=O)NCC1CCN(Cc2cc(CSc3ccc(C4CCN(CCOC)CC4)cc3)cc(-c3cc(Cl)cc(Cl)c3)c2)CC1. The largest absolute Gasteiger partial charge is 0.383 e. The number of carbonyl (C=O) groups is 1. The van der Waals surface area contributed by atoms with E-state index >= 15 is 0 Å². The number of rotatable bonds is 12. The van der Waals surface area contributed by atoms with Gasteiger partial charge in [-0.2, -0.15) is 0 Å². The summed E-state index contributed by atoms with van der Waals surface area (Å²) in [7, 11) is 3.43. The lowest BCUT2D eigenvalue weighted by atomic mass is 9.89. The van der Waals surface area contributed by atoms with Crippen molar-refractivity contribution >= 4 is 41.0 Å². The molecule has 9 heteroatoms. The van der Waals surface area contributed by atoms with Crippen LogP contribution < -0.4 is 10.6 Å². The quantitative estimate of drug-likeness (QED) is 0.185. The maximum absolute atomic E-state index is 11.6. The molecule has 2 amide bonds. The van der Waals surface area contributed by atoms with Gasteiger partial charge in [-0.3, -0.25) is 4.90 Å². The van der Waals surface area contributed by atoms with Crippen molar-refractivity contribution in [3.8, 4) is 11.1 Å². The van der Waals surface area contributed by atoms with Gasteiger partial charge in [0.2, 0.25) is 0 Å². The Morgan fingerprint density at radius 3 is 2.11 bits per heavy atom. The summed E-state index contributed by atoms with van der Waals surface area (Å²) in [5, 5.41) is 6.89. The first-order chi connectivity index (χ1) is 22.9. The molecule has 2 aliphatic heterocycles. The number of urea groups is 1. The zero-order chi connectivity index (χ0) is 33.6. The van der Waals surface area contributed by atoms with Gasteiger partial charge in [0.15, 0.2) is 0 Å². The maximum atomic E-state index is 11.6. The standard InChI is InChI=1S/C36H46Cl2N4O2S.C2H6/c1-39-36(43)40-23-26-7-11-42(12-8-26)24-27-17-28(19-31(18-27)32-20-33(37)22-34(38)21-32)25-45-35-5-3-29(4-6-35)30-9-13-41(14-10-30)15-16-44-2;1-2/h3-6,17-22,26,30H,7-16,23-25H2,1-2H3,(H2,39,40,43);1-2H3. The zero-order valence-corrected chi connectivity index (χ0v) is 30.8. The van der Waals surface area contributed by atoms with Gasteiger partial charge in [-0.1, -0.05) is 61.3 Å². The second kappa shape index (κ2) is 19.7. The molecule has 0 bridgehead atoms. The van der Waals surface area contributed by atoms with Gasteiger partial charge in [0.05, 0.1) is 6.61 Å². The molecule has 0 radical (unpaired) electrons. The third-order valence-corrected chi connectivity index (χ3v) is 10.6. The van der Waals surface area contributed by atoms with Crippen molar-refractivity contribution in [3.63, 3.8) is 0 Å². The summed E-state index contributed by atoms with van der Waals surface area (Å²) >= 11 is 14.7. The lowest BCUT2D eigenvalue weighted by molar-refractivity contribution is 0.130. The Balaban J connectivity index is 0.00000245. The van der Waals surface area contributed by atoms with E-state index in [0.29, 0.717) is 21.9 Å². The van der Waals surface area contributed by atoms with Crippen LogP contribution in [0.1, 0.15) is 62.1 Å². The monoisotopic (exact) mass is 698 g/mol. The molecule has 2 saturated heterocycles. The lowest BCUT2D eigenvalue weighted by Gasteiger charge is -2.32. The Labute approximate surface area is 296 Å². The average molecular weight is 700 g/mol. The summed E-state index contributed by atoms with van der Waals surface area (Å²) < 4.78 is 5.25. The summed E-state index contributed by atoms with van der Waals surface area (Å²) in [4.78, 5) is 17.9. The highest BCUT2D eigenvalue weighted by Gasteiger charge is 2.21. The first-order valence-corrected chi connectivity index (χ1v) is 18.8. The van der Waals surface area contributed by atoms with Crippen LogP contribution in [0.5, 0.6) is 0 Å². The van der Waals surface area contributed by atoms with Crippen LogP contribution in [0, 0.1) is 5.92 Å². The van der Waals surface area contributed by atoms with Gasteiger partial charge >= 0.3 is 6.03 Å². The molecule has 0 unspecified atom stereocenters. The van der Waals surface area contributed by atoms with Gasteiger partial charge in [0, 0.05) is 54.5 Å². The van der Waals surface area contributed by atoms with Gasteiger partial charge in [0.25, 0.3) is 0 Å². The fourth-order valence-corrected chi connectivity index (χ4v) is 7.82. The van der Waals surface area contributed by atoms with Crippen molar-refractivity contribution in [2.45, 2.75) is 62.6 Å². The lowest BCUT2D eigenvalue weighted by Crippen LogP contribution is -2.40. The fourth-order valence-electron chi connectivity index (χ4n) is 6.47. The molecule has 0 spiro atoms. The number of hydrogen-bond acceptors (Lipinski definition) is 5. The number of methoxy groups -OCH3 is 1. The van der Waals surface area contributed by atoms with E-state index in [1.165, 1.54) is 34.4 Å². The van der Waals surface area contributed by atoms with E-state index in [4.69, 9.17) is 27.9 Å². The van der Waals surface area contributed by atoms with Crippen molar-refractivity contribution in [1.82, 2.24) is 20.4 Å². The average Bonchev–Trinajstić information content (AvgIpc) is 3.10. The van der Waals surface area contributed by atoms with Crippen molar-refractivity contribution in [2.24, 2.45) is 5.92 Å². The number of amides is 2. The molecule has 5 rings (SSSR count). The Hall–Kier alpha value is -2.26. The second-order valence-corrected chi connectivity index (χ2v) is 14.3. The van der Waals surface area contributed by atoms with Crippen LogP contribution >= 0.6 is 35.0 Å². The summed E-state index contributed by atoms with van der Waals surface area (Å²) in [6.07, 6.45) is 4.59. The van der Waals surface area contributed by atoms with Crippen LogP contribution in [0.4, 0.5) is 4.79 Å². The van der Waals surface area contributed by atoms with E-state index in [9.17, 15) is 4.79 Å². The molecule has 256 valence electrons. The number of halogens is 2. The van der Waals surface area contributed by atoms with Crippen LogP contribution in [0.2, 0.25) is 10.0 Å². The van der Waals surface area contributed by atoms with Gasteiger partial charge in [-0.25, -0.2) is 4.79 Å². The highest BCUT2D eigenvalue weighted by atomic mass is 35.5. The molecular formula is C38H52Cl2N4O2S. The van der Waals surface area contributed by atoms with Crippen molar-refractivity contribution in [2.75, 3.05) is 60.0 Å². The van der Waals surface area contributed by atoms with E-state index in [1.807, 2.05) is 37.7 Å². The number of ether oxygens (including phenoxy) is 1. The summed E-state index contributed by atoms with van der Waals surface area (Å²) in [5.41, 5.74) is 6.23. The predicted molar refractivity (Wildman–Crippen MR) is 200 cm³/mol. The Morgan fingerprint density at radius 1 is 0.851 bits per heavy atom. The normalized spacial score (nSPS) is 16.4. The predicted octanol–water partition coefficient (Wildman–Crippen LogP) is 8.95. The molecule has 47 heavy (non-hydrogen) atoms. The van der Waals surface area contributed by atoms with Crippen LogP contribution in [-0.4, -0.2) is 75.9 Å². The number of nitrogens with zero attached hydrogens (tertiary/aromatic N) is 2. The molecule has 6 nitrogen and oxygen atoms in total. The first kappa shape index (κ1) is 37.6.